The van der Waals surface area contributed by atoms with Crippen molar-refractivity contribution in [2.45, 2.75) is 32.1 Å². The molecule has 3 rings (SSSR count). The Kier molecular flexibility index (Phi) is 6.95. The van der Waals surface area contributed by atoms with Gasteiger partial charge in [0.15, 0.2) is 0 Å². The average molecular weight is 409 g/mol. The van der Waals surface area contributed by atoms with E-state index < -0.39 is 10.2 Å². The maximum Gasteiger partial charge on any atom is 0.281 e. The lowest BCUT2D eigenvalue weighted by atomic mass is 9.97. The van der Waals surface area contributed by atoms with Crippen LogP contribution in [0.3, 0.4) is 0 Å². The topological polar surface area (TPSA) is 73.0 Å². The van der Waals surface area contributed by atoms with E-state index in [2.05, 4.69) is 34.5 Å². The molecule has 0 unspecified atom stereocenters. The third-order valence-electron chi connectivity index (χ3n) is 5.72. The van der Waals surface area contributed by atoms with Crippen LogP contribution in [0, 0.1) is 5.92 Å². The van der Waals surface area contributed by atoms with Gasteiger partial charge in [-0.3, -0.25) is 4.79 Å². The molecule has 156 valence electrons. The van der Waals surface area contributed by atoms with Gasteiger partial charge in [0.05, 0.1) is 0 Å². The van der Waals surface area contributed by atoms with Crippen LogP contribution < -0.4 is 10.2 Å². The normalized spacial score (nSPS) is 18.9. The van der Waals surface area contributed by atoms with Crippen LogP contribution in [0.5, 0.6) is 0 Å². The molecule has 2 aliphatic heterocycles. The molecular weight excluding hydrogens is 376 g/mol. The van der Waals surface area contributed by atoms with Gasteiger partial charge in [-0.05, 0) is 43.7 Å². The van der Waals surface area contributed by atoms with Gasteiger partial charge in [0.1, 0.15) is 0 Å². The van der Waals surface area contributed by atoms with Gasteiger partial charge in [-0.25, -0.2) is 0 Å². The Morgan fingerprint density at radius 3 is 2.61 bits per heavy atom. The van der Waals surface area contributed by atoms with Gasteiger partial charge >= 0.3 is 0 Å². The first-order valence-corrected chi connectivity index (χ1v) is 11.6. The molecular formula is C20H32N4O3S. The number of nitrogens with zero attached hydrogens (tertiary/aromatic N) is 3. The quantitative estimate of drug-likeness (QED) is 0.694. The molecule has 2 aliphatic rings. The zero-order valence-electron chi connectivity index (χ0n) is 16.9. The molecule has 0 aromatic heterocycles. The summed E-state index contributed by atoms with van der Waals surface area (Å²) >= 11 is 0. The maximum atomic E-state index is 12.4. The number of rotatable bonds is 7. The number of para-hydroxylation sites is 1. The molecule has 0 bridgehead atoms. The summed E-state index contributed by atoms with van der Waals surface area (Å²) < 4.78 is 27.0. The van der Waals surface area contributed by atoms with Crippen LogP contribution in [0.1, 0.15) is 31.2 Å². The van der Waals surface area contributed by atoms with Crippen molar-refractivity contribution in [2.24, 2.45) is 5.92 Å². The van der Waals surface area contributed by atoms with Crippen LogP contribution in [0.15, 0.2) is 24.3 Å². The maximum absolute atomic E-state index is 12.4. The summed E-state index contributed by atoms with van der Waals surface area (Å²) in [6.45, 7) is 3.49. The first-order valence-electron chi connectivity index (χ1n) is 10.2. The monoisotopic (exact) mass is 408 g/mol. The van der Waals surface area contributed by atoms with E-state index in [-0.39, 0.29) is 11.8 Å². The minimum atomic E-state index is -3.38. The van der Waals surface area contributed by atoms with Crippen LogP contribution in [-0.2, 0) is 21.4 Å². The first-order chi connectivity index (χ1) is 13.4. The van der Waals surface area contributed by atoms with E-state index in [1.165, 1.54) is 40.4 Å². The number of hydrogen-bond acceptors (Lipinski definition) is 4. The highest BCUT2D eigenvalue weighted by molar-refractivity contribution is 7.86. The molecule has 7 nitrogen and oxygen atoms in total. The number of nitrogens with one attached hydrogen (secondary N) is 1. The van der Waals surface area contributed by atoms with Gasteiger partial charge < -0.3 is 10.2 Å². The third kappa shape index (κ3) is 4.85. The number of benzene rings is 1. The summed E-state index contributed by atoms with van der Waals surface area (Å²) in [6.07, 6.45) is 4.40. The van der Waals surface area contributed by atoms with Crippen molar-refractivity contribution in [1.82, 2.24) is 13.9 Å². The zero-order chi connectivity index (χ0) is 20.1. The molecule has 1 fully saturated rings. The molecule has 1 saturated heterocycles. The lowest BCUT2D eigenvalue weighted by Crippen LogP contribution is -2.47. The Morgan fingerprint density at radius 2 is 1.89 bits per heavy atom. The fourth-order valence-corrected chi connectivity index (χ4v) is 5.18. The highest BCUT2D eigenvalue weighted by Crippen LogP contribution is 2.26. The van der Waals surface area contributed by atoms with E-state index in [4.69, 9.17) is 0 Å². The van der Waals surface area contributed by atoms with Gasteiger partial charge in [0.25, 0.3) is 10.2 Å². The summed E-state index contributed by atoms with van der Waals surface area (Å²) in [5.41, 5.74) is 2.74. The molecule has 0 spiro atoms. The smallest absolute Gasteiger partial charge is 0.281 e. The first kappa shape index (κ1) is 21.1. The number of amides is 1. The second-order valence-electron chi connectivity index (χ2n) is 7.83. The Bertz CT molecular complexity index is 773. The highest BCUT2D eigenvalue weighted by Gasteiger charge is 2.32. The van der Waals surface area contributed by atoms with E-state index in [9.17, 15) is 13.2 Å². The molecule has 1 aromatic carbocycles. The van der Waals surface area contributed by atoms with Crippen LogP contribution >= 0.6 is 0 Å². The molecule has 1 N–H and O–H groups in total. The largest absolute Gasteiger partial charge is 0.371 e. The fraction of sp³-hybridized carbons (Fsp3) is 0.650. The molecule has 0 saturated carbocycles. The molecule has 8 heteroatoms. The lowest BCUT2D eigenvalue weighted by Gasteiger charge is -2.32. The van der Waals surface area contributed by atoms with Crippen molar-refractivity contribution in [3.63, 3.8) is 0 Å². The van der Waals surface area contributed by atoms with Crippen molar-refractivity contribution in [3.05, 3.63) is 29.8 Å². The van der Waals surface area contributed by atoms with E-state index in [1.54, 1.807) is 0 Å². The standard InChI is InChI=1S/C20H32N4O3S/c1-22(2)28(26,27)24-15-10-18(11-16-24)20(25)21-12-6-14-23-13-5-8-17-7-3-4-9-19(17)23/h3-4,7,9,18H,5-6,8,10-16H2,1-2H3,(H,21,25). The summed E-state index contributed by atoms with van der Waals surface area (Å²) in [7, 11) is -0.304. The number of hydrogen-bond donors (Lipinski definition) is 1. The van der Waals surface area contributed by atoms with Crippen molar-refractivity contribution in [2.75, 3.05) is 51.7 Å². The van der Waals surface area contributed by atoms with Gasteiger partial charge in [-0.2, -0.15) is 17.0 Å². The number of aryl methyl sites for hydroxylation is 1. The Hall–Kier alpha value is -1.64. The van der Waals surface area contributed by atoms with Crippen LogP contribution in [0.2, 0.25) is 0 Å². The number of fused-ring (bicyclic) bond motifs is 1. The summed E-state index contributed by atoms with van der Waals surface area (Å²) in [5, 5.41) is 3.05. The Labute approximate surface area is 168 Å². The molecule has 28 heavy (non-hydrogen) atoms. The van der Waals surface area contributed by atoms with E-state index >= 15 is 0 Å². The van der Waals surface area contributed by atoms with E-state index in [0.717, 1.165) is 25.9 Å². The number of carbonyl (C=O) groups excluding carboxylic acids is 1. The van der Waals surface area contributed by atoms with Gasteiger partial charge in [-0.15, -0.1) is 0 Å². The SMILES string of the molecule is CN(C)S(=O)(=O)N1CCC(C(=O)NCCCN2CCCc3ccccc32)CC1. The van der Waals surface area contributed by atoms with Crippen molar-refractivity contribution in [3.8, 4) is 0 Å². The second kappa shape index (κ2) is 9.24. The van der Waals surface area contributed by atoms with Gasteiger partial charge in [0.2, 0.25) is 5.91 Å². The van der Waals surface area contributed by atoms with Crippen molar-refractivity contribution < 1.29 is 13.2 Å². The average Bonchev–Trinajstić information content (AvgIpc) is 2.71. The summed E-state index contributed by atoms with van der Waals surface area (Å²) in [4.78, 5) is 14.8. The van der Waals surface area contributed by atoms with E-state index in [0.29, 0.717) is 32.5 Å². The molecule has 0 atom stereocenters. The van der Waals surface area contributed by atoms with E-state index in [1.807, 2.05) is 0 Å². The zero-order valence-corrected chi connectivity index (χ0v) is 17.7. The molecule has 0 aliphatic carbocycles. The van der Waals surface area contributed by atoms with Crippen LogP contribution in [0.4, 0.5) is 5.69 Å². The summed E-state index contributed by atoms with van der Waals surface area (Å²) in [5.74, 6) is -0.0368. The van der Waals surface area contributed by atoms with Crippen molar-refractivity contribution in [1.29, 1.82) is 0 Å². The number of piperidine rings is 1. The molecule has 1 aromatic rings. The fourth-order valence-electron chi connectivity index (χ4n) is 4.05. The number of anilines is 1. The van der Waals surface area contributed by atoms with Gasteiger partial charge in [0, 0.05) is 58.4 Å². The highest BCUT2D eigenvalue weighted by atomic mass is 32.2. The molecule has 2 heterocycles. The summed E-state index contributed by atoms with van der Waals surface area (Å²) in [6, 6.07) is 8.56. The Morgan fingerprint density at radius 1 is 1.18 bits per heavy atom. The lowest BCUT2D eigenvalue weighted by molar-refractivity contribution is -0.126. The minimum Gasteiger partial charge on any atom is -0.371 e. The predicted molar refractivity (Wildman–Crippen MR) is 112 cm³/mol. The van der Waals surface area contributed by atoms with Crippen molar-refractivity contribution >= 4 is 21.8 Å². The predicted octanol–water partition coefficient (Wildman–Crippen LogP) is 1.46. The van der Waals surface area contributed by atoms with Crippen LogP contribution in [0.25, 0.3) is 0 Å². The minimum absolute atomic E-state index is 0.0564. The third-order valence-corrected chi connectivity index (χ3v) is 7.66. The van der Waals surface area contributed by atoms with Crippen LogP contribution in [-0.4, -0.2) is 69.8 Å². The molecule has 0 radical (unpaired) electrons. The second-order valence-corrected chi connectivity index (χ2v) is 9.97. The number of carbonyl (C=O) groups is 1. The molecule has 1 amide bonds. The Balaban J connectivity index is 1.39. The van der Waals surface area contributed by atoms with Gasteiger partial charge in [-0.1, -0.05) is 18.2 Å².